The van der Waals surface area contributed by atoms with Crippen molar-refractivity contribution in [3.05, 3.63) is 65.7 Å². The van der Waals surface area contributed by atoms with Gasteiger partial charge >= 0.3 is 6.18 Å². The maximum Gasteiger partial charge on any atom is 0.418 e. The maximum atomic E-state index is 13.6. The molecule has 0 radical (unpaired) electrons. The first kappa shape index (κ1) is 32.9. The van der Waals surface area contributed by atoms with Crippen LogP contribution >= 0.6 is 0 Å². The summed E-state index contributed by atoms with van der Waals surface area (Å²) in [6.07, 6.45) is -1.17. The van der Waals surface area contributed by atoms with E-state index in [0.717, 1.165) is 25.6 Å². The summed E-state index contributed by atoms with van der Waals surface area (Å²) in [4.78, 5) is 34.5. The highest BCUT2D eigenvalue weighted by molar-refractivity contribution is 5.96. The third-order valence-corrected chi connectivity index (χ3v) is 8.41. The van der Waals surface area contributed by atoms with Gasteiger partial charge in [-0.15, -0.1) is 0 Å². The van der Waals surface area contributed by atoms with Crippen LogP contribution in [0.2, 0.25) is 0 Å². The fraction of sp³-hybridized carbons (Fsp3) is 0.438. The Morgan fingerprint density at radius 2 is 1.93 bits per heavy atom. The van der Waals surface area contributed by atoms with Crippen LogP contribution in [0, 0.1) is 11.2 Å². The highest BCUT2D eigenvalue weighted by Gasteiger charge is 2.50. The molecule has 3 fully saturated rings. The number of likely N-dealkylation sites (N-methyl/N-ethyl adjacent to an activating group) is 1. The Balaban J connectivity index is 0.00000134. The summed E-state index contributed by atoms with van der Waals surface area (Å²) in [6.45, 7) is 4.36. The number of halogens is 4. The fourth-order valence-corrected chi connectivity index (χ4v) is 6.40. The van der Waals surface area contributed by atoms with Crippen molar-refractivity contribution in [2.45, 2.75) is 44.5 Å². The van der Waals surface area contributed by atoms with Crippen LogP contribution in [0.5, 0.6) is 11.6 Å². The lowest BCUT2D eigenvalue weighted by Gasteiger charge is -2.50. The zero-order valence-electron chi connectivity index (χ0n) is 25.4. The number of amides is 1. The molecule has 1 unspecified atom stereocenters. The predicted molar refractivity (Wildman–Crippen MR) is 160 cm³/mol. The Bertz CT molecular complexity index is 1560. The summed E-state index contributed by atoms with van der Waals surface area (Å²) in [6, 6.07) is 9.93. The lowest BCUT2D eigenvalue weighted by atomic mass is 9.77. The van der Waals surface area contributed by atoms with Gasteiger partial charge in [0.05, 0.1) is 35.6 Å². The zero-order valence-corrected chi connectivity index (χ0v) is 25.4. The fourth-order valence-electron chi connectivity index (χ4n) is 6.40. The minimum Gasteiger partial charge on any atom is -0.488 e. The van der Waals surface area contributed by atoms with E-state index in [9.17, 15) is 22.4 Å². The van der Waals surface area contributed by atoms with Crippen molar-refractivity contribution in [2.75, 3.05) is 44.7 Å². The number of ether oxygens (including phenoxy) is 2. The van der Waals surface area contributed by atoms with Crippen molar-refractivity contribution < 1.29 is 41.7 Å². The van der Waals surface area contributed by atoms with Gasteiger partial charge in [0, 0.05) is 43.5 Å². The van der Waals surface area contributed by atoms with Crippen LogP contribution in [-0.2, 0) is 11.0 Å². The molecule has 14 heteroatoms. The first-order valence-corrected chi connectivity index (χ1v) is 14.9. The van der Waals surface area contributed by atoms with E-state index in [-0.39, 0.29) is 41.3 Å². The van der Waals surface area contributed by atoms with E-state index < -0.39 is 17.6 Å². The van der Waals surface area contributed by atoms with Gasteiger partial charge in [-0.1, -0.05) is 0 Å². The molecule has 2 aliphatic heterocycles. The standard InChI is InChI=1S/C31H33F4N5O3.CH2O2/c1-3-42-29-22(5-4-12-36-29)24-7-9-26(27(38-24)28(41)37-20-15-39(2)16-20)43-21-10-11-30(14-21)17-40(18-30)25-8-6-19(32)13-23(25)31(33,34)35;2-1-3/h4-9,12-13,20-21H,3,10-11,14-18H2,1-2H3,(H,37,41);1H,(H,2,3). The monoisotopic (exact) mass is 645 g/mol. The molecule has 3 aromatic rings. The van der Waals surface area contributed by atoms with Gasteiger partial charge < -0.3 is 29.7 Å². The van der Waals surface area contributed by atoms with E-state index >= 15 is 0 Å². The highest BCUT2D eigenvalue weighted by atomic mass is 19.4. The second kappa shape index (κ2) is 13.5. The third-order valence-electron chi connectivity index (χ3n) is 8.41. The number of anilines is 1. The number of pyridine rings is 2. The summed E-state index contributed by atoms with van der Waals surface area (Å²) >= 11 is 0. The van der Waals surface area contributed by atoms with E-state index in [2.05, 4.69) is 15.2 Å². The Hall–Kier alpha value is -4.46. The lowest BCUT2D eigenvalue weighted by molar-refractivity contribution is -0.137. The van der Waals surface area contributed by atoms with Crippen LogP contribution in [0.4, 0.5) is 23.2 Å². The maximum absolute atomic E-state index is 13.6. The van der Waals surface area contributed by atoms with Crippen molar-refractivity contribution in [1.82, 2.24) is 20.2 Å². The second-order valence-corrected chi connectivity index (χ2v) is 11.8. The van der Waals surface area contributed by atoms with Gasteiger partial charge in [0.2, 0.25) is 5.88 Å². The number of hydrogen-bond donors (Lipinski definition) is 2. The van der Waals surface area contributed by atoms with Crippen LogP contribution in [0.25, 0.3) is 11.3 Å². The molecule has 1 saturated carbocycles. The normalized spacial score (nSPS) is 19.0. The van der Waals surface area contributed by atoms with E-state index in [4.69, 9.17) is 24.4 Å². The smallest absolute Gasteiger partial charge is 0.418 e. The average Bonchev–Trinajstić information content (AvgIpc) is 3.40. The van der Waals surface area contributed by atoms with E-state index in [1.165, 1.54) is 6.07 Å². The van der Waals surface area contributed by atoms with Gasteiger partial charge in [0.15, 0.2) is 11.4 Å². The summed E-state index contributed by atoms with van der Waals surface area (Å²) in [5, 5.41) is 9.92. The molecule has 1 amide bonds. The molecule has 0 bridgehead atoms. The molecule has 3 aliphatic rings. The first-order chi connectivity index (χ1) is 21.9. The number of carboxylic acid groups (broad SMARTS) is 1. The van der Waals surface area contributed by atoms with Gasteiger partial charge in [0.25, 0.3) is 12.4 Å². The largest absolute Gasteiger partial charge is 0.488 e. The van der Waals surface area contributed by atoms with Crippen LogP contribution in [0.15, 0.2) is 48.7 Å². The number of aromatic nitrogens is 2. The molecule has 1 spiro atoms. The Morgan fingerprint density at radius 1 is 1.20 bits per heavy atom. The van der Waals surface area contributed by atoms with E-state index in [1.807, 2.05) is 20.0 Å². The van der Waals surface area contributed by atoms with Crippen LogP contribution < -0.4 is 19.7 Å². The van der Waals surface area contributed by atoms with Crippen molar-refractivity contribution in [3.63, 3.8) is 0 Å². The summed E-state index contributed by atoms with van der Waals surface area (Å²) < 4.78 is 66.4. The third kappa shape index (κ3) is 7.16. The minimum absolute atomic E-state index is 0.00824. The molecule has 46 heavy (non-hydrogen) atoms. The van der Waals surface area contributed by atoms with E-state index in [1.54, 1.807) is 29.3 Å². The molecular weight excluding hydrogens is 610 g/mol. The Labute approximate surface area is 263 Å². The number of nitrogens with zero attached hydrogens (tertiary/aromatic N) is 4. The molecule has 1 atom stereocenters. The number of carbonyl (C=O) groups excluding carboxylic acids is 1. The summed E-state index contributed by atoms with van der Waals surface area (Å²) in [5.74, 6) is -0.482. The van der Waals surface area contributed by atoms with Crippen molar-refractivity contribution in [3.8, 4) is 22.9 Å². The molecule has 2 aromatic heterocycles. The molecule has 2 saturated heterocycles. The highest BCUT2D eigenvalue weighted by Crippen LogP contribution is 2.50. The molecule has 1 aromatic carbocycles. The van der Waals surface area contributed by atoms with Crippen LogP contribution in [0.3, 0.4) is 0 Å². The van der Waals surface area contributed by atoms with E-state index in [0.29, 0.717) is 61.5 Å². The number of carbonyl (C=O) groups is 2. The van der Waals surface area contributed by atoms with Crippen molar-refractivity contribution >= 4 is 18.1 Å². The number of hydrogen-bond acceptors (Lipinski definition) is 8. The minimum atomic E-state index is -4.65. The van der Waals surface area contributed by atoms with Crippen LogP contribution in [-0.4, -0.2) is 84.3 Å². The molecule has 4 heterocycles. The molecule has 2 N–H and O–H groups in total. The number of likely N-dealkylation sites (tertiary alicyclic amines) is 1. The Morgan fingerprint density at radius 3 is 2.61 bits per heavy atom. The predicted octanol–water partition coefficient (Wildman–Crippen LogP) is 4.88. The number of alkyl halides is 3. The number of rotatable bonds is 8. The van der Waals surface area contributed by atoms with Crippen molar-refractivity contribution in [2.24, 2.45) is 5.41 Å². The lowest BCUT2D eigenvalue weighted by Crippen LogP contribution is -2.57. The van der Waals surface area contributed by atoms with Gasteiger partial charge in [-0.3, -0.25) is 9.59 Å². The molecule has 6 rings (SSSR count). The van der Waals surface area contributed by atoms with Gasteiger partial charge in [0.1, 0.15) is 5.82 Å². The Kier molecular flexibility index (Phi) is 9.66. The van der Waals surface area contributed by atoms with Gasteiger partial charge in [-0.25, -0.2) is 14.4 Å². The number of nitrogens with one attached hydrogen (secondary N) is 1. The number of benzene rings is 1. The first-order valence-electron chi connectivity index (χ1n) is 14.9. The average molecular weight is 646 g/mol. The summed E-state index contributed by atoms with van der Waals surface area (Å²) in [5.41, 5.74) is 0.158. The van der Waals surface area contributed by atoms with Gasteiger partial charge in [-0.2, -0.15) is 13.2 Å². The quantitative estimate of drug-likeness (QED) is 0.261. The van der Waals surface area contributed by atoms with Gasteiger partial charge in [-0.05, 0) is 75.7 Å². The SMILES string of the molecule is CCOc1ncccc1-c1ccc(OC2CCC3(C2)CN(c2ccc(F)cc2C(F)(F)F)C3)c(C(=O)NC2CN(C)C2)n1.O=CO. The molecule has 10 nitrogen and oxygen atoms in total. The molecule has 1 aliphatic carbocycles. The molecular formula is C32H35F4N5O5. The topological polar surface area (TPSA) is 117 Å². The second-order valence-electron chi connectivity index (χ2n) is 11.8. The molecule has 246 valence electrons. The summed E-state index contributed by atoms with van der Waals surface area (Å²) in [7, 11) is 1.98. The zero-order chi connectivity index (χ0) is 33.1. The van der Waals surface area contributed by atoms with Crippen molar-refractivity contribution in [1.29, 1.82) is 0 Å². The van der Waals surface area contributed by atoms with Crippen LogP contribution in [0.1, 0.15) is 42.2 Å².